The van der Waals surface area contributed by atoms with Crippen LogP contribution in [-0.2, 0) is 0 Å². The molecule has 2 atom stereocenters. The second kappa shape index (κ2) is 10.3. The van der Waals surface area contributed by atoms with Gasteiger partial charge < -0.3 is 25.4 Å². The number of benzene rings is 3. The van der Waals surface area contributed by atoms with Crippen LogP contribution in [0.1, 0.15) is 40.1 Å². The number of hydrogen-bond donors (Lipinski definition) is 4. The van der Waals surface area contributed by atoms with E-state index < -0.39 is 12.1 Å². The number of aliphatic hydroxyl groups is 1. The number of aromatic hydroxyl groups is 1. The van der Waals surface area contributed by atoms with Crippen molar-refractivity contribution in [3.8, 4) is 22.6 Å². The number of aromatic carboxylic acids is 1. The molecule has 0 spiro atoms. The summed E-state index contributed by atoms with van der Waals surface area (Å²) < 4.78 is 6.01. The van der Waals surface area contributed by atoms with E-state index in [-0.39, 0.29) is 17.4 Å². The van der Waals surface area contributed by atoms with Crippen LogP contribution in [0.5, 0.6) is 11.5 Å². The first-order valence-corrected chi connectivity index (χ1v) is 10.5. The Balaban J connectivity index is 1.57. The van der Waals surface area contributed by atoms with Gasteiger partial charge in [0.2, 0.25) is 0 Å². The molecule has 6 nitrogen and oxygen atoms in total. The highest BCUT2D eigenvalue weighted by atomic mass is 16.5. The van der Waals surface area contributed by atoms with Gasteiger partial charge in [0.15, 0.2) is 0 Å². The second-order valence-corrected chi connectivity index (χ2v) is 7.95. The van der Waals surface area contributed by atoms with Gasteiger partial charge in [-0.3, -0.25) is 0 Å². The Bertz CT molecular complexity index is 1040. The smallest absolute Gasteiger partial charge is 0.335 e. The zero-order valence-corrected chi connectivity index (χ0v) is 18.5. The number of carboxylic acid groups (broad SMARTS) is 1. The topological polar surface area (TPSA) is 99.0 Å². The first kappa shape index (κ1) is 23.3. The number of carboxylic acids is 1. The molecule has 0 amide bonds. The molecule has 0 aliphatic rings. The maximum atomic E-state index is 11.0. The summed E-state index contributed by atoms with van der Waals surface area (Å²) in [6.45, 7) is 6.89. The quantitative estimate of drug-likeness (QED) is 0.370. The lowest BCUT2D eigenvalue weighted by atomic mass is 9.99. The van der Waals surface area contributed by atoms with Crippen LogP contribution in [0.25, 0.3) is 11.1 Å². The lowest BCUT2D eigenvalue weighted by molar-refractivity contribution is 0.0697. The van der Waals surface area contributed by atoms with Crippen molar-refractivity contribution in [2.75, 3.05) is 13.2 Å². The Morgan fingerprint density at radius 2 is 1.56 bits per heavy atom. The summed E-state index contributed by atoms with van der Waals surface area (Å²) in [6, 6.07) is 17.2. The number of rotatable bonds is 9. The van der Waals surface area contributed by atoms with Crippen molar-refractivity contribution in [2.24, 2.45) is 0 Å². The van der Waals surface area contributed by atoms with E-state index in [1.165, 1.54) is 0 Å². The number of carbonyl (C=O) groups is 1. The van der Waals surface area contributed by atoms with Gasteiger partial charge >= 0.3 is 5.97 Å². The molecular weight excluding hydrogens is 406 g/mol. The van der Waals surface area contributed by atoms with Gasteiger partial charge in [0, 0.05) is 12.6 Å². The van der Waals surface area contributed by atoms with Crippen LogP contribution in [0, 0.1) is 13.8 Å². The molecule has 3 aromatic rings. The molecule has 168 valence electrons. The number of hydrogen-bond acceptors (Lipinski definition) is 5. The van der Waals surface area contributed by atoms with E-state index in [2.05, 4.69) is 5.32 Å². The minimum Gasteiger partial charge on any atom is -0.508 e. The van der Waals surface area contributed by atoms with Crippen LogP contribution < -0.4 is 10.1 Å². The number of phenols is 1. The third kappa shape index (κ3) is 5.66. The lowest BCUT2D eigenvalue weighted by Gasteiger charge is -2.21. The Kier molecular flexibility index (Phi) is 7.51. The fourth-order valence-corrected chi connectivity index (χ4v) is 3.66. The van der Waals surface area contributed by atoms with E-state index in [1.807, 2.05) is 45.0 Å². The van der Waals surface area contributed by atoms with Gasteiger partial charge in [0.05, 0.1) is 11.7 Å². The predicted molar refractivity (Wildman–Crippen MR) is 124 cm³/mol. The highest BCUT2D eigenvalue weighted by Crippen LogP contribution is 2.30. The average Bonchev–Trinajstić information content (AvgIpc) is 2.77. The molecule has 0 aliphatic heterocycles. The van der Waals surface area contributed by atoms with Crippen molar-refractivity contribution in [1.29, 1.82) is 0 Å². The largest absolute Gasteiger partial charge is 0.508 e. The van der Waals surface area contributed by atoms with Crippen LogP contribution in [0.15, 0.2) is 60.7 Å². The summed E-state index contributed by atoms with van der Waals surface area (Å²) in [7, 11) is 0. The number of aryl methyl sites for hydroxylation is 2. The highest BCUT2D eigenvalue weighted by Gasteiger charge is 2.16. The average molecular weight is 436 g/mol. The molecule has 0 fully saturated rings. The van der Waals surface area contributed by atoms with Crippen molar-refractivity contribution in [2.45, 2.75) is 32.9 Å². The van der Waals surface area contributed by atoms with E-state index in [0.717, 1.165) is 33.6 Å². The molecule has 0 aromatic heterocycles. The zero-order chi connectivity index (χ0) is 23.3. The molecule has 32 heavy (non-hydrogen) atoms. The minimum absolute atomic E-state index is 0.170. The summed E-state index contributed by atoms with van der Waals surface area (Å²) in [5.41, 5.74) is 4.96. The normalized spacial score (nSPS) is 12.9. The third-order valence-electron chi connectivity index (χ3n) is 5.45. The molecule has 0 aliphatic carbocycles. The van der Waals surface area contributed by atoms with E-state index in [1.54, 1.807) is 36.4 Å². The fourth-order valence-electron chi connectivity index (χ4n) is 3.66. The van der Waals surface area contributed by atoms with Gasteiger partial charge in [0.25, 0.3) is 0 Å². The molecule has 0 radical (unpaired) electrons. The Labute approximate surface area is 188 Å². The molecule has 0 saturated heterocycles. The van der Waals surface area contributed by atoms with Gasteiger partial charge in [-0.15, -0.1) is 0 Å². The Morgan fingerprint density at radius 1 is 0.969 bits per heavy atom. The summed E-state index contributed by atoms with van der Waals surface area (Å²) in [5.74, 6) is 0.0552. The molecule has 0 saturated carbocycles. The van der Waals surface area contributed by atoms with Crippen LogP contribution >= 0.6 is 0 Å². The van der Waals surface area contributed by atoms with Gasteiger partial charge in [0.1, 0.15) is 18.1 Å². The molecule has 0 bridgehead atoms. The van der Waals surface area contributed by atoms with Gasteiger partial charge in [-0.1, -0.05) is 24.3 Å². The van der Waals surface area contributed by atoms with Crippen LogP contribution in [0.3, 0.4) is 0 Å². The number of ether oxygens (including phenoxy) is 1. The number of phenolic OH excluding ortho intramolecular Hbond substituents is 1. The highest BCUT2D eigenvalue weighted by molar-refractivity contribution is 5.88. The second-order valence-electron chi connectivity index (χ2n) is 7.95. The van der Waals surface area contributed by atoms with Crippen LogP contribution in [0.2, 0.25) is 0 Å². The van der Waals surface area contributed by atoms with Crippen molar-refractivity contribution in [1.82, 2.24) is 5.32 Å². The third-order valence-corrected chi connectivity index (χ3v) is 5.45. The first-order chi connectivity index (χ1) is 15.3. The predicted octanol–water partition coefficient (Wildman–Crippen LogP) is 4.46. The standard InChI is InChI=1S/C26H29NO5/c1-16-14-22(19-4-6-21(7-5-19)26(30)31)15-17(2)25(16)32-13-12-27-18(3)24(29)20-8-10-23(28)11-9-20/h4-11,14-15,18,24,27-29H,12-13H2,1-3H3,(H,30,31)/t18-,24+/m0/s1. The van der Waals surface area contributed by atoms with E-state index in [9.17, 15) is 15.0 Å². The molecule has 3 aromatic carbocycles. The van der Waals surface area contributed by atoms with Crippen molar-refractivity contribution in [3.63, 3.8) is 0 Å². The van der Waals surface area contributed by atoms with E-state index in [4.69, 9.17) is 9.84 Å². The van der Waals surface area contributed by atoms with E-state index >= 15 is 0 Å². The fraction of sp³-hybridized carbons (Fsp3) is 0.269. The first-order valence-electron chi connectivity index (χ1n) is 10.5. The maximum absolute atomic E-state index is 11.0. The van der Waals surface area contributed by atoms with E-state index in [0.29, 0.717) is 13.2 Å². The summed E-state index contributed by atoms with van der Waals surface area (Å²) in [5, 5.41) is 32.2. The molecular formula is C26H29NO5. The van der Waals surface area contributed by atoms with Crippen molar-refractivity contribution < 1.29 is 24.9 Å². The van der Waals surface area contributed by atoms with Gasteiger partial charge in [-0.05, 0) is 85.0 Å². The summed E-state index contributed by atoms with van der Waals surface area (Å²) in [4.78, 5) is 11.0. The monoisotopic (exact) mass is 435 g/mol. The van der Waals surface area contributed by atoms with Crippen molar-refractivity contribution in [3.05, 3.63) is 82.9 Å². The minimum atomic E-state index is -0.939. The number of aliphatic hydroxyl groups excluding tert-OH is 1. The summed E-state index contributed by atoms with van der Waals surface area (Å²) >= 11 is 0. The Hall–Kier alpha value is -3.35. The van der Waals surface area contributed by atoms with Gasteiger partial charge in [-0.25, -0.2) is 4.79 Å². The zero-order valence-electron chi connectivity index (χ0n) is 18.5. The molecule has 0 unspecified atom stereocenters. The molecule has 4 N–H and O–H groups in total. The van der Waals surface area contributed by atoms with Crippen molar-refractivity contribution >= 4 is 5.97 Å². The summed E-state index contributed by atoms with van der Waals surface area (Å²) in [6.07, 6.45) is -0.689. The molecule has 0 heterocycles. The lowest BCUT2D eigenvalue weighted by Crippen LogP contribution is -2.35. The maximum Gasteiger partial charge on any atom is 0.335 e. The SMILES string of the molecule is Cc1cc(-c2ccc(C(=O)O)cc2)cc(C)c1OCCN[C@@H](C)[C@@H](O)c1ccc(O)cc1. The number of nitrogens with one attached hydrogen (secondary N) is 1. The van der Waals surface area contributed by atoms with Gasteiger partial charge in [-0.2, -0.15) is 0 Å². The Morgan fingerprint density at radius 3 is 2.12 bits per heavy atom. The van der Waals surface area contributed by atoms with Crippen LogP contribution in [-0.4, -0.2) is 40.5 Å². The van der Waals surface area contributed by atoms with Crippen LogP contribution in [0.4, 0.5) is 0 Å². The molecule has 6 heteroatoms. The molecule has 3 rings (SSSR count).